The van der Waals surface area contributed by atoms with Gasteiger partial charge in [0.25, 0.3) is 0 Å². The minimum absolute atomic E-state index is 0.137. The monoisotopic (exact) mass is 327 g/mol. The highest BCUT2D eigenvalue weighted by molar-refractivity contribution is 7.89. The zero-order valence-electron chi connectivity index (χ0n) is 12.2. The number of nitriles is 1. The maximum Gasteiger partial charge on any atom is 0.243 e. The first-order valence-corrected chi connectivity index (χ1v) is 8.45. The molecule has 7 heteroatoms. The molecule has 114 valence electrons. The van der Waals surface area contributed by atoms with Crippen molar-refractivity contribution in [3.05, 3.63) is 28.8 Å². The summed E-state index contributed by atoms with van der Waals surface area (Å²) in [5.41, 5.74) is 0.275. The van der Waals surface area contributed by atoms with Gasteiger partial charge in [-0.05, 0) is 38.2 Å². The van der Waals surface area contributed by atoms with Crippen LogP contribution >= 0.6 is 11.6 Å². The molecule has 2 rings (SSSR count). The SMILES string of the molecule is CC1CN(S(=O)(=O)c2ccc(C#N)c(Cl)c2)CC1N(C)C. The Morgan fingerprint density at radius 2 is 2.05 bits per heavy atom. The fourth-order valence-corrected chi connectivity index (χ4v) is 4.54. The third-order valence-corrected chi connectivity index (χ3v) is 6.04. The molecular formula is C14H18ClN3O2S. The van der Waals surface area contributed by atoms with Crippen molar-refractivity contribution in [2.24, 2.45) is 5.92 Å². The van der Waals surface area contributed by atoms with Crippen molar-refractivity contribution in [2.75, 3.05) is 27.2 Å². The van der Waals surface area contributed by atoms with E-state index in [-0.39, 0.29) is 27.4 Å². The van der Waals surface area contributed by atoms with Crippen LogP contribution in [0.2, 0.25) is 5.02 Å². The van der Waals surface area contributed by atoms with Crippen LogP contribution in [0.15, 0.2) is 23.1 Å². The van der Waals surface area contributed by atoms with E-state index >= 15 is 0 Å². The van der Waals surface area contributed by atoms with Crippen molar-refractivity contribution in [1.29, 1.82) is 5.26 Å². The summed E-state index contributed by atoms with van der Waals surface area (Å²) in [6.07, 6.45) is 0. The van der Waals surface area contributed by atoms with Crippen LogP contribution in [-0.2, 0) is 10.0 Å². The molecule has 2 atom stereocenters. The van der Waals surface area contributed by atoms with Gasteiger partial charge in [0.1, 0.15) is 6.07 Å². The van der Waals surface area contributed by atoms with E-state index in [9.17, 15) is 8.42 Å². The van der Waals surface area contributed by atoms with Crippen molar-refractivity contribution in [3.63, 3.8) is 0 Å². The molecule has 0 aromatic heterocycles. The first-order valence-electron chi connectivity index (χ1n) is 6.63. The van der Waals surface area contributed by atoms with Gasteiger partial charge in [-0.2, -0.15) is 9.57 Å². The molecule has 1 aromatic carbocycles. The average molecular weight is 328 g/mol. The van der Waals surface area contributed by atoms with Crippen LogP contribution in [0.3, 0.4) is 0 Å². The highest BCUT2D eigenvalue weighted by Crippen LogP contribution is 2.28. The lowest BCUT2D eigenvalue weighted by Gasteiger charge is -2.22. The number of likely N-dealkylation sites (N-methyl/N-ethyl adjacent to an activating group) is 1. The van der Waals surface area contributed by atoms with E-state index in [0.717, 1.165) is 0 Å². The molecule has 0 radical (unpaired) electrons. The molecule has 0 amide bonds. The standard InChI is InChI=1S/C14H18ClN3O2S/c1-10-8-18(9-14(10)17(2)3)21(19,20)12-5-4-11(7-16)13(15)6-12/h4-6,10,14H,8-9H2,1-3H3. The van der Waals surface area contributed by atoms with Gasteiger partial charge in [-0.25, -0.2) is 8.42 Å². The molecule has 1 saturated heterocycles. The van der Waals surface area contributed by atoms with E-state index in [0.29, 0.717) is 13.1 Å². The number of sulfonamides is 1. The molecule has 0 saturated carbocycles. The highest BCUT2D eigenvalue weighted by Gasteiger charge is 2.38. The molecule has 0 bridgehead atoms. The Labute approximate surface area is 130 Å². The number of hydrogen-bond acceptors (Lipinski definition) is 4. The predicted octanol–water partition coefficient (Wildman–Crippen LogP) is 1.78. The second-order valence-electron chi connectivity index (χ2n) is 5.58. The molecule has 1 fully saturated rings. The maximum atomic E-state index is 12.7. The molecule has 0 N–H and O–H groups in total. The molecule has 1 aliphatic rings. The van der Waals surface area contributed by atoms with Crippen molar-refractivity contribution in [1.82, 2.24) is 9.21 Å². The lowest BCUT2D eigenvalue weighted by Crippen LogP contribution is -2.35. The zero-order chi connectivity index (χ0) is 15.8. The Morgan fingerprint density at radius 3 is 2.52 bits per heavy atom. The van der Waals surface area contributed by atoms with Crippen LogP contribution in [0.5, 0.6) is 0 Å². The summed E-state index contributed by atoms with van der Waals surface area (Å²) in [6, 6.07) is 6.36. The first-order chi connectivity index (χ1) is 9.77. The molecule has 21 heavy (non-hydrogen) atoms. The van der Waals surface area contributed by atoms with Crippen LogP contribution in [-0.4, -0.2) is 50.8 Å². The first kappa shape index (κ1) is 16.2. The summed E-state index contributed by atoms with van der Waals surface area (Å²) in [7, 11) is 0.336. The largest absolute Gasteiger partial charge is 0.305 e. The average Bonchev–Trinajstić information content (AvgIpc) is 2.81. The number of halogens is 1. The van der Waals surface area contributed by atoms with Gasteiger partial charge in [-0.3, -0.25) is 0 Å². The topological polar surface area (TPSA) is 64.4 Å². The lowest BCUT2D eigenvalue weighted by molar-refractivity contribution is 0.263. The smallest absolute Gasteiger partial charge is 0.243 e. The zero-order valence-corrected chi connectivity index (χ0v) is 13.8. The van der Waals surface area contributed by atoms with Gasteiger partial charge in [0.15, 0.2) is 0 Å². The van der Waals surface area contributed by atoms with Crippen molar-refractivity contribution in [2.45, 2.75) is 17.9 Å². The van der Waals surface area contributed by atoms with Gasteiger partial charge >= 0.3 is 0 Å². The van der Waals surface area contributed by atoms with Crippen molar-refractivity contribution in [3.8, 4) is 6.07 Å². The second-order valence-corrected chi connectivity index (χ2v) is 7.93. The summed E-state index contributed by atoms with van der Waals surface area (Å²) in [5.74, 6) is 0.267. The fraction of sp³-hybridized carbons (Fsp3) is 0.500. The van der Waals surface area contributed by atoms with Crippen LogP contribution in [0.1, 0.15) is 12.5 Å². The van der Waals surface area contributed by atoms with Gasteiger partial charge in [-0.15, -0.1) is 0 Å². The Morgan fingerprint density at radius 1 is 1.38 bits per heavy atom. The van der Waals surface area contributed by atoms with Crippen molar-refractivity contribution < 1.29 is 8.42 Å². The van der Waals surface area contributed by atoms with E-state index in [2.05, 4.69) is 0 Å². The quantitative estimate of drug-likeness (QED) is 0.849. The molecule has 2 unspecified atom stereocenters. The normalized spacial score (nSPS) is 23.4. The van der Waals surface area contributed by atoms with Crippen LogP contribution < -0.4 is 0 Å². The van der Waals surface area contributed by atoms with Crippen LogP contribution in [0.4, 0.5) is 0 Å². The molecular weight excluding hydrogens is 310 g/mol. The minimum Gasteiger partial charge on any atom is -0.305 e. The number of hydrogen-bond donors (Lipinski definition) is 0. The highest BCUT2D eigenvalue weighted by atomic mass is 35.5. The van der Waals surface area contributed by atoms with Gasteiger partial charge < -0.3 is 4.90 Å². The van der Waals surface area contributed by atoms with Gasteiger partial charge in [-0.1, -0.05) is 18.5 Å². The summed E-state index contributed by atoms with van der Waals surface area (Å²) in [6.45, 7) is 3.00. The third kappa shape index (κ3) is 3.06. The minimum atomic E-state index is -3.57. The number of rotatable bonds is 3. The van der Waals surface area contributed by atoms with E-state index < -0.39 is 10.0 Å². The molecule has 1 aromatic rings. The van der Waals surface area contributed by atoms with Crippen molar-refractivity contribution >= 4 is 21.6 Å². The summed E-state index contributed by atoms with van der Waals surface area (Å²) in [4.78, 5) is 2.18. The molecule has 0 spiro atoms. The Bertz CT molecular complexity index is 682. The predicted molar refractivity (Wildman–Crippen MR) is 81.6 cm³/mol. The number of nitrogens with zero attached hydrogens (tertiary/aromatic N) is 3. The summed E-state index contributed by atoms with van der Waals surface area (Å²) in [5, 5.41) is 9.02. The van der Waals surface area contributed by atoms with E-state index in [1.54, 1.807) is 0 Å². The third-order valence-electron chi connectivity index (χ3n) is 3.90. The maximum absolute atomic E-state index is 12.7. The second kappa shape index (κ2) is 5.93. The molecule has 1 heterocycles. The number of benzene rings is 1. The molecule has 0 aliphatic carbocycles. The van der Waals surface area contributed by atoms with Crippen LogP contribution in [0.25, 0.3) is 0 Å². The Kier molecular flexibility index (Phi) is 4.59. The summed E-state index contributed by atoms with van der Waals surface area (Å²) < 4.78 is 26.8. The Balaban J connectivity index is 2.32. The van der Waals surface area contributed by atoms with Gasteiger partial charge in [0.05, 0.1) is 15.5 Å². The van der Waals surface area contributed by atoms with Crippen LogP contribution in [0, 0.1) is 17.2 Å². The van der Waals surface area contributed by atoms with E-state index in [4.69, 9.17) is 16.9 Å². The Hall–Kier alpha value is -1.13. The summed E-state index contributed by atoms with van der Waals surface area (Å²) >= 11 is 5.94. The van der Waals surface area contributed by atoms with E-state index in [1.165, 1.54) is 22.5 Å². The van der Waals surface area contributed by atoms with Gasteiger partial charge in [0, 0.05) is 19.1 Å². The molecule has 1 aliphatic heterocycles. The van der Waals surface area contributed by atoms with Gasteiger partial charge in [0.2, 0.25) is 10.0 Å². The lowest BCUT2D eigenvalue weighted by atomic mass is 10.1. The molecule has 5 nitrogen and oxygen atoms in total. The van der Waals surface area contributed by atoms with E-state index in [1.807, 2.05) is 32.0 Å². The fourth-order valence-electron chi connectivity index (χ4n) is 2.67.